The van der Waals surface area contributed by atoms with Crippen molar-refractivity contribution in [3.05, 3.63) is 35.4 Å². The highest BCUT2D eigenvalue weighted by Crippen LogP contribution is 2.28. The Kier molecular flexibility index (Phi) is 5.71. The molecule has 0 saturated heterocycles. The van der Waals surface area contributed by atoms with Crippen LogP contribution in [0.4, 0.5) is 0 Å². The normalized spacial score (nSPS) is 18.8. The van der Waals surface area contributed by atoms with Crippen LogP contribution in [0.25, 0.3) is 0 Å². The number of alkyl halides is 1. The second-order valence-electron chi connectivity index (χ2n) is 5.34. The zero-order valence-corrected chi connectivity index (χ0v) is 12.8. The quantitative estimate of drug-likeness (QED) is 0.693. The Morgan fingerprint density at radius 1 is 1.22 bits per heavy atom. The summed E-state index contributed by atoms with van der Waals surface area (Å²) in [6.07, 6.45) is 7.09. The van der Waals surface area contributed by atoms with E-state index in [2.05, 4.69) is 47.1 Å². The van der Waals surface area contributed by atoms with Gasteiger partial charge in [0.25, 0.3) is 0 Å². The minimum Gasteiger partial charge on any atom is -0.372 e. The van der Waals surface area contributed by atoms with E-state index in [0.717, 1.165) is 17.9 Å². The highest BCUT2D eigenvalue weighted by molar-refractivity contribution is 9.09. The van der Waals surface area contributed by atoms with Gasteiger partial charge < -0.3 is 4.74 Å². The zero-order chi connectivity index (χ0) is 12.8. The van der Waals surface area contributed by atoms with Crippen LogP contribution in [0.2, 0.25) is 0 Å². The number of halogens is 1. The molecular formula is C16H23BrO. The fourth-order valence-electron chi connectivity index (χ4n) is 2.77. The molecule has 1 saturated carbocycles. The summed E-state index contributed by atoms with van der Waals surface area (Å²) in [4.78, 5) is 0. The third-order valence-electron chi connectivity index (χ3n) is 3.93. The minimum atomic E-state index is 0.202. The van der Waals surface area contributed by atoms with Gasteiger partial charge in [-0.05, 0) is 36.8 Å². The van der Waals surface area contributed by atoms with Crippen molar-refractivity contribution in [2.24, 2.45) is 5.92 Å². The van der Waals surface area contributed by atoms with Crippen LogP contribution in [0.1, 0.15) is 49.3 Å². The average molecular weight is 311 g/mol. The van der Waals surface area contributed by atoms with Crippen LogP contribution in [0, 0.1) is 12.8 Å². The first-order chi connectivity index (χ1) is 8.81. The van der Waals surface area contributed by atoms with Gasteiger partial charge in [-0.15, -0.1) is 0 Å². The standard InChI is InChI=1S/C16H23BrO/c1-13-7-5-6-10-15(13)16(11-17)18-12-14-8-3-2-4-9-14/h5-7,10,14,16H,2-4,8-9,11-12H2,1H3. The van der Waals surface area contributed by atoms with Crippen molar-refractivity contribution in [2.75, 3.05) is 11.9 Å². The predicted octanol–water partition coefficient (Wildman–Crippen LogP) is 5.03. The molecule has 2 rings (SSSR count). The van der Waals surface area contributed by atoms with Gasteiger partial charge >= 0.3 is 0 Å². The molecule has 0 radical (unpaired) electrons. The second-order valence-corrected chi connectivity index (χ2v) is 5.98. The average Bonchev–Trinajstić information content (AvgIpc) is 2.42. The number of benzene rings is 1. The molecule has 0 amide bonds. The van der Waals surface area contributed by atoms with Gasteiger partial charge in [0.1, 0.15) is 0 Å². The van der Waals surface area contributed by atoms with Crippen molar-refractivity contribution >= 4 is 15.9 Å². The summed E-state index contributed by atoms with van der Waals surface area (Å²) in [6.45, 7) is 3.08. The lowest BCUT2D eigenvalue weighted by Gasteiger charge is -2.25. The largest absolute Gasteiger partial charge is 0.372 e. The van der Waals surface area contributed by atoms with Gasteiger partial charge in [0.2, 0.25) is 0 Å². The van der Waals surface area contributed by atoms with Gasteiger partial charge in [-0.2, -0.15) is 0 Å². The Hall–Kier alpha value is -0.340. The van der Waals surface area contributed by atoms with Gasteiger partial charge in [-0.3, -0.25) is 0 Å². The summed E-state index contributed by atoms with van der Waals surface area (Å²) >= 11 is 3.59. The highest BCUT2D eigenvalue weighted by atomic mass is 79.9. The SMILES string of the molecule is Cc1ccccc1C(CBr)OCC1CCCCC1. The lowest BCUT2D eigenvalue weighted by atomic mass is 9.90. The van der Waals surface area contributed by atoms with Crippen LogP contribution in [0.5, 0.6) is 0 Å². The van der Waals surface area contributed by atoms with Crippen LogP contribution in [-0.4, -0.2) is 11.9 Å². The van der Waals surface area contributed by atoms with Crippen molar-refractivity contribution < 1.29 is 4.74 Å². The molecule has 1 aliphatic rings. The highest BCUT2D eigenvalue weighted by Gasteiger charge is 2.18. The molecule has 1 atom stereocenters. The van der Waals surface area contributed by atoms with E-state index in [-0.39, 0.29) is 6.10 Å². The van der Waals surface area contributed by atoms with Gasteiger partial charge in [-0.25, -0.2) is 0 Å². The monoisotopic (exact) mass is 310 g/mol. The Balaban J connectivity index is 1.91. The first-order valence-electron chi connectivity index (χ1n) is 7.04. The molecular weight excluding hydrogens is 288 g/mol. The first-order valence-corrected chi connectivity index (χ1v) is 8.16. The van der Waals surface area contributed by atoms with Crippen molar-refractivity contribution in [1.29, 1.82) is 0 Å². The maximum absolute atomic E-state index is 6.15. The van der Waals surface area contributed by atoms with Crippen molar-refractivity contribution in [2.45, 2.75) is 45.1 Å². The minimum absolute atomic E-state index is 0.202. The molecule has 0 bridgehead atoms. The Bertz CT molecular complexity index is 358. The Morgan fingerprint density at radius 3 is 2.61 bits per heavy atom. The summed E-state index contributed by atoms with van der Waals surface area (Å²) in [6, 6.07) is 8.53. The van der Waals surface area contributed by atoms with Crippen molar-refractivity contribution in [3.8, 4) is 0 Å². The number of hydrogen-bond acceptors (Lipinski definition) is 1. The van der Waals surface area contributed by atoms with Gasteiger partial charge in [0.05, 0.1) is 12.7 Å². The summed E-state index contributed by atoms with van der Waals surface area (Å²) in [7, 11) is 0. The third-order valence-corrected chi connectivity index (χ3v) is 4.52. The molecule has 1 fully saturated rings. The molecule has 1 nitrogen and oxygen atoms in total. The van der Waals surface area contributed by atoms with E-state index in [0.29, 0.717) is 0 Å². The molecule has 1 unspecified atom stereocenters. The summed E-state index contributed by atoms with van der Waals surface area (Å²) in [5.74, 6) is 0.782. The molecule has 1 aliphatic carbocycles. The molecule has 1 aromatic rings. The molecule has 2 heteroatoms. The number of hydrogen-bond donors (Lipinski definition) is 0. The third kappa shape index (κ3) is 3.83. The number of ether oxygens (including phenoxy) is 1. The predicted molar refractivity (Wildman–Crippen MR) is 80.2 cm³/mol. The van der Waals surface area contributed by atoms with E-state index in [1.54, 1.807) is 0 Å². The molecule has 0 aromatic heterocycles. The van der Waals surface area contributed by atoms with E-state index < -0.39 is 0 Å². The summed E-state index contributed by atoms with van der Waals surface area (Å²) < 4.78 is 6.15. The van der Waals surface area contributed by atoms with Crippen LogP contribution in [0.3, 0.4) is 0 Å². The smallest absolute Gasteiger partial charge is 0.0924 e. The Morgan fingerprint density at radius 2 is 1.94 bits per heavy atom. The fraction of sp³-hybridized carbons (Fsp3) is 0.625. The van der Waals surface area contributed by atoms with E-state index in [9.17, 15) is 0 Å². The summed E-state index contributed by atoms with van der Waals surface area (Å²) in [5, 5.41) is 0.880. The molecule has 100 valence electrons. The number of rotatable bonds is 5. The van der Waals surface area contributed by atoms with E-state index in [1.165, 1.54) is 43.2 Å². The molecule has 0 N–H and O–H groups in total. The van der Waals surface area contributed by atoms with Gasteiger partial charge in [0, 0.05) is 5.33 Å². The molecule has 0 spiro atoms. The van der Waals surface area contributed by atoms with Crippen molar-refractivity contribution in [1.82, 2.24) is 0 Å². The zero-order valence-electron chi connectivity index (χ0n) is 11.2. The van der Waals surface area contributed by atoms with Gasteiger partial charge in [0.15, 0.2) is 0 Å². The van der Waals surface area contributed by atoms with Crippen LogP contribution < -0.4 is 0 Å². The summed E-state index contributed by atoms with van der Waals surface area (Å²) in [5.41, 5.74) is 2.65. The van der Waals surface area contributed by atoms with E-state index in [1.807, 2.05) is 0 Å². The topological polar surface area (TPSA) is 9.23 Å². The molecule has 1 aromatic carbocycles. The fourth-order valence-corrected chi connectivity index (χ4v) is 3.31. The van der Waals surface area contributed by atoms with E-state index in [4.69, 9.17) is 4.74 Å². The van der Waals surface area contributed by atoms with Crippen LogP contribution in [0.15, 0.2) is 24.3 Å². The lowest BCUT2D eigenvalue weighted by molar-refractivity contribution is 0.0332. The van der Waals surface area contributed by atoms with Crippen LogP contribution >= 0.6 is 15.9 Å². The second kappa shape index (κ2) is 7.30. The first kappa shape index (κ1) is 14.1. The maximum Gasteiger partial charge on any atom is 0.0924 e. The van der Waals surface area contributed by atoms with Gasteiger partial charge in [-0.1, -0.05) is 59.5 Å². The number of aryl methyl sites for hydroxylation is 1. The van der Waals surface area contributed by atoms with Crippen molar-refractivity contribution in [3.63, 3.8) is 0 Å². The molecule has 0 heterocycles. The Labute approximate surface area is 119 Å². The molecule has 18 heavy (non-hydrogen) atoms. The lowest BCUT2D eigenvalue weighted by Crippen LogP contribution is -2.17. The van der Waals surface area contributed by atoms with E-state index >= 15 is 0 Å². The van der Waals surface area contributed by atoms with Crippen LogP contribution in [-0.2, 0) is 4.74 Å². The molecule has 0 aliphatic heterocycles. The maximum atomic E-state index is 6.15.